The van der Waals surface area contributed by atoms with Crippen LogP contribution in [0.1, 0.15) is 42.2 Å². The van der Waals surface area contributed by atoms with Crippen molar-refractivity contribution in [3.63, 3.8) is 0 Å². The molecule has 0 radical (unpaired) electrons. The number of benzene rings is 2. The van der Waals surface area contributed by atoms with Gasteiger partial charge in [0.05, 0.1) is 0 Å². The van der Waals surface area contributed by atoms with Crippen molar-refractivity contribution in [1.82, 2.24) is 5.32 Å². The van der Waals surface area contributed by atoms with Crippen molar-refractivity contribution >= 4 is 11.6 Å². The highest BCUT2D eigenvalue weighted by molar-refractivity contribution is 6.30. The molecule has 1 aliphatic heterocycles. The molecule has 1 heterocycles. The number of ether oxygens (including phenoxy) is 1. The van der Waals surface area contributed by atoms with E-state index < -0.39 is 0 Å². The number of hydrogen-bond donors (Lipinski definition) is 1. The molecule has 0 spiro atoms. The minimum absolute atomic E-state index is 0.0852. The molecule has 0 amide bonds. The predicted octanol–water partition coefficient (Wildman–Crippen LogP) is 4.69. The molecule has 0 aliphatic carbocycles. The molecule has 3 rings (SSSR count). The van der Waals surface area contributed by atoms with Crippen molar-refractivity contribution in [2.24, 2.45) is 0 Å². The van der Waals surface area contributed by atoms with E-state index in [2.05, 4.69) is 36.5 Å². The van der Waals surface area contributed by atoms with Gasteiger partial charge >= 0.3 is 0 Å². The molecule has 0 fully saturated rings. The Kier molecular flexibility index (Phi) is 4.18. The predicted molar refractivity (Wildman–Crippen MR) is 87.1 cm³/mol. The molecule has 1 aliphatic rings. The second kappa shape index (κ2) is 6.08. The van der Waals surface area contributed by atoms with Gasteiger partial charge in [-0.2, -0.15) is 0 Å². The van der Waals surface area contributed by atoms with E-state index in [0.29, 0.717) is 0 Å². The van der Waals surface area contributed by atoms with Gasteiger partial charge in [0.25, 0.3) is 0 Å². The van der Waals surface area contributed by atoms with E-state index in [1.807, 2.05) is 25.2 Å². The normalized spacial score (nSPS) is 20.7. The van der Waals surface area contributed by atoms with Crippen LogP contribution in [-0.4, -0.2) is 7.05 Å². The lowest BCUT2D eigenvalue weighted by molar-refractivity contribution is 0.154. The molecule has 3 heteroatoms. The molecule has 1 N–H and O–H groups in total. The van der Waals surface area contributed by atoms with Gasteiger partial charge < -0.3 is 10.1 Å². The van der Waals surface area contributed by atoms with Crippen molar-refractivity contribution < 1.29 is 4.74 Å². The number of rotatable bonds is 3. The first-order valence-electron chi connectivity index (χ1n) is 7.43. The van der Waals surface area contributed by atoms with Gasteiger partial charge in [0.2, 0.25) is 0 Å². The summed E-state index contributed by atoms with van der Waals surface area (Å²) >= 11 is 6.10. The first-order valence-corrected chi connectivity index (χ1v) is 7.81. The van der Waals surface area contributed by atoms with Crippen molar-refractivity contribution in [3.8, 4) is 5.75 Å². The van der Waals surface area contributed by atoms with Gasteiger partial charge in [0.15, 0.2) is 0 Å². The van der Waals surface area contributed by atoms with Crippen LogP contribution in [0.2, 0.25) is 5.02 Å². The molecule has 0 saturated heterocycles. The number of fused-ring (bicyclic) bond motifs is 1. The molecule has 110 valence electrons. The third kappa shape index (κ3) is 2.92. The summed E-state index contributed by atoms with van der Waals surface area (Å²) in [5, 5.41) is 4.12. The van der Waals surface area contributed by atoms with Crippen LogP contribution in [0.5, 0.6) is 5.75 Å². The van der Waals surface area contributed by atoms with Crippen molar-refractivity contribution in [3.05, 3.63) is 64.2 Å². The lowest BCUT2D eigenvalue weighted by Gasteiger charge is -2.32. The van der Waals surface area contributed by atoms with Crippen LogP contribution in [0.25, 0.3) is 0 Å². The summed E-state index contributed by atoms with van der Waals surface area (Å²) < 4.78 is 6.18. The zero-order chi connectivity index (χ0) is 14.8. The van der Waals surface area contributed by atoms with E-state index in [9.17, 15) is 0 Å². The van der Waals surface area contributed by atoms with Crippen LogP contribution in [0.3, 0.4) is 0 Å². The lowest BCUT2D eigenvalue weighted by Crippen LogP contribution is -2.26. The van der Waals surface area contributed by atoms with E-state index in [-0.39, 0.29) is 12.1 Å². The molecule has 0 aromatic heterocycles. The molecule has 21 heavy (non-hydrogen) atoms. The Bertz CT molecular complexity index is 624. The maximum atomic E-state index is 6.18. The van der Waals surface area contributed by atoms with Gasteiger partial charge in [-0.25, -0.2) is 0 Å². The zero-order valence-corrected chi connectivity index (χ0v) is 13.2. The fourth-order valence-electron chi connectivity index (χ4n) is 2.89. The fraction of sp³-hybridized carbons (Fsp3) is 0.333. The maximum absolute atomic E-state index is 6.18. The molecule has 2 aromatic rings. The van der Waals surface area contributed by atoms with Gasteiger partial charge in [-0.3, -0.25) is 0 Å². The van der Waals surface area contributed by atoms with Crippen LogP contribution >= 0.6 is 11.6 Å². The van der Waals surface area contributed by atoms with Gasteiger partial charge in [-0.05, 0) is 42.8 Å². The molecule has 0 bridgehead atoms. The topological polar surface area (TPSA) is 21.3 Å². The summed E-state index contributed by atoms with van der Waals surface area (Å²) in [7, 11) is 1.98. The third-order valence-electron chi connectivity index (χ3n) is 4.17. The van der Waals surface area contributed by atoms with E-state index >= 15 is 0 Å². The summed E-state index contributed by atoms with van der Waals surface area (Å²) in [5.41, 5.74) is 3.73. The number of hydrogen-bond acceptors (Lipinski definition) is 2. The molecule has 2 aromatic carbocycles. The molecular weight excluding hydrogens is 282 g/mol. The second-order valence-corrected chi connectivity index (χ2v) is 5.90. The highest BCUT2D eigenvalue weighted by Crippen LogP contribution is 2.41. The molecule has 2 atom stereocenters. The Morgan fingerprint density at radius 3 is 2.62 bits per heavy atom. The first kappa shape index (κ1) is 14.4. The quantitative estimate of drug-likeness (QED) is 0.888. The molecule has 2 unspecified atom stereocenters. The lowest BCUT2D eigenvalue weighted by atomic mass is 9.92. The standard InChI is InChI=1S/C18H20ClNO/c1-3-12-4-6-13(7-5-12)18-11-16(20-2)15-10-14(19)8-9-17(15)21-18/h4-10,16,18,20H,3,11H2,1-2H3. The van der Waals surface area contributed by atoms with Crippen LogP contribution in [0.15, 0.2) is 42.5 Å². The van der Waals surface area contributed by atoms with Gasteiger partial charge in [-0.15, -0.1) is 0 Å². The Hall–Kier alpha value is -1.51. The average Bonchev–Trinajstić information content (AvgIpc) is 2.54. The van der Waals surface area contributed by atoms with Gasteiger partial charge in [0, 0.05) is 23.0 Å². The first-order chi connectivity index (χ1) is 10.2. The molecule has 2 nitrogen and oxygen atoms in total. The van der Waals surface area contributed by atoms with Crippen LogP contribution < -0.4 is 10.1 Å². The smallest absolute Gasteiger partial charge is 0.126 e. The molecular formula is C18H20ClNO. The average molecular weight is 302 g/mol. The fourth-order valence-corrected chi connectivity index (χ4v) is 3.07. The summed E-state index contributed by atoms with van der Waals surface area (Å²) in [4.78, 5) is 0. The van der Waals surface area contributed by atoms with E-state index in [0.717, 1.165) is 29.2 Å². The highest BCUT2D eigenvalue weighted by atomic mass is 35.5. The Morgan fingerprint density at radius 1 is 1.19 bits per heavy atom. The van der Waals surface area contributed by atoms with Crippen molar-refractivity contribution in [1.29, 1.82) is 0 Å². The summed E-state index contributed by atoms with van der Waals surface area (Å²) in [6.07, 6.45) is 2.06. The SMILES string of the molecule is CCc1ccc(C2CC(NC)c3cc(Cl)ccc3O2)cc1. The Morgan fingerprint density at radius 2 is 1.95 bits per heavy atom. The largest absolute Gasteiger partial charge is 0.485 e. The number of nitrogens with one attached hydrogen (secondary N) is 1. The van der Waals surface area contributed by atoms with Crippen LogP contribution in [-0.2, 0) is 6.42 Å². The molecule has 0 saturated carbocycles. The van der Waals surface area contributed by atoms with E-state index in [4.69, 9.17) is 16.3 Å². The minimum atomic E-state index is 0.0852. The van der Waals surface area contributed by atoms with Crippen molar-refractivity contribution in [2.45, 2.75) is 31.9 Å². The Balaban J connectivity index is 1.90. The van der Waals surface area contributed by atoms with E-state index in [1.165, 1.54) is 11.1 Å². The number of aryl methyl sites for hydroxylation is 1. The Labute approximate surface area is 131 Å². The van der Waals surface area contributed by atoms with Gasteiger partial charge in [0.1, 0.15) is 11.9 Å². The third-order valence-corrected chi connectivity index (χ3v) is 4.41. The summed E-state index contributed by atoms with van der Waals surface area (Å²) in [6.45, 7) is 2.17. The monoisotopic (exact) mass is 301 g/mol. The van der Waals surface area contributed by atoms with Crippen molar-refractivity contribution in [2.75, 3.05) is 7.05 Å². The zero-order valence-electron chi connectivity index (χ0n) is 12.4. The second-order valence-electron chi connectivity index (χ2n) is 5.46. The van der Waals surface area contributed by atoms with Crippen LogP contribution in [0.4, 0.5) is 0 Å². The van der Waals surface area contributed by atoms with E-state index in [1.54, 1.807) is 0 Å². The van der Waals surface area contributed by atoms with Gasteiger partial charge in [-0.1, -0.05) is 42.8 Å². The maximum Gasteiger partial charge on any atom is 0.126 e. The highest BCUT2D eigenvalue weighted by Gasteiger charge is 2.28. The summed E-state index contributed by atoms with van der Waals surface area (Å²) in [5.74, 6) is 0.926. The minimum Gasteiger partial charge on any atom is -0.485 e. The number of halogens is 1. The summed E-state index contributed by atoms with van der Waals surface area (Å²) in [6, 6.07) is 14.8. The van der Waals surface area contributed by atoms with Crippen LogP contribution in [0, 0.1) is 0 Å².